The highest BCUT2D eigenvalue weighted by molar-refractivity contribution is 9.15. The van der Waals surface area contributed by atoms with E-state index in [9.17, 15) is 33.3 Å². The second-order valence-electron chi connectivity index (χ2n) is 11.6. The summed E-state index contributed by atoms with van der Waals surface area (Å²) in [6.45, 7) is 3.81. The lowest BCUT2D eigenvalue weighted by Gasteiger charge is -2.28. The van der Waals surface area contributed by atoms with Crippen molar-refractivity contribution >= 4 is 187 Å². The number of carbonyl (C=O) groups excluding carboxylic acids is 6. The maximum Gasteiger partial charge on any atom is 0.488 e. The Morgan fingerprint density at radius 2 is 0.643 bits per heavy atom. The van der Waals surface area contributed by atoms with E-state index in [1.807, 2.05) is 0 Å². The van der Waals surface area contributed by atoms with Crippen molar-refractivity contribution in [2.45, 2.75) is 39.5 Å². The van der Waals surface area contributed by atoms with Crippen LogP contribution in [0.5, 0.6) is 0 Å². The first-order valence-corrected chi connectivity index (χ1v) is 23.3. The molecular weight excluding hydrogens is 1550 g/mol. The zero-order valence-electron chi connectivity index (χ0n) is 27.5. The van der Waals surface area contributed by atoms with Crippen molar-refractivity contribution in [3.8, 4) is 0 Å². The van der Waals surface area contributed by atoms with Crippen molar-refractivity contribution in [2.75, 3.05) is 0 Å². The molecule has 0 saturated heterocycles. The third-order valence-electron chi connectivity index (χ3n) is 8.45. The number of rotatable bonds is 9. The number of carbonyl (C=O) groups is 6. The molecule has 0 aliphatic carbocycles. The highest BCUT2D eigenvalue weighted by atomic mass is 79.9. The summed E-state index contributed by atoms with van der Waals surface area (Å²) in [5.41, 5.74) is 0.217. The van der Waals surface area contributed by atoms with Crippen LogP contribution in [0.15, 0.2) is 58.5 Å². The Bertz CT molecular complexity index is 2080. The number of halogens is 12. The van der Waals surface area contributed by atoms with Gasteiger partial charge in [0.15, 0.2) is 0 Å². The number of amides is 6. The number of benzene rings is 3. The van der Waals surface area contributed by atoms with E-state index in [4.69, 9.17) is 13.6 Å². The van der Waals surface area contributed by atoms with E-state index in [0.717, 1.165) is 0 Å². The summed E-state index contributed by atoms with van der Waals surface area (Å²) in [5.74, 6) is -4.37. The van der Waals surface area contributed by atoms with Gasteiger partial charge in [0.1, 0.15) is 16.7 Å². The maximum atomic E-state index is 14.9. The van der Waals surface area contributed by atoms with Crippen LogP contribution in [0.25, 0.3) is 0 Å². The first-order valence-electron chi connectivity index (χ1n) is 14.7. The molecule has 3 aliphatic heterocycles. The predicted octanol–water partition coefficient (Wildman–Crippen LogP) is -2.31. The Labute approximate surface area is 424 Å². The molecule has 6 rings (SSSR count). The van der Waals surface area contributed by atoms with Gasteiger partial charge in [-0.05, 0) is 162 Å². The van der Waals surface area contributed by atoms with E-state index in [1.54, 1.807) is 0 Å². The van der Waals surface area contributed by atoms with Gasteiger partial charge in [-0.3, -0.25) is 0 Å². The summed E-state index contributed by atoms with van der Waals surface area (Å²) in [6, 6.07) is 4.34. The third-order valence-corrected chi connectivity index (χ3v) is 20.1. The van der Waals surface area contributed by atoms with Crippen molar-refractivity contribution in [1.82, 2.24) is 0 Å². The molecule has 3 N–H and O–H groups in total. The summed E-state index contributed by atoms with van der Waals surface area (Å²) in [7, 11) is -5.15. The SMILES string of the molecule is CC(OP(=O)(OC(C)[NH+]1C(=O)c2cc(Br)c(Br)c(Br)c2C1=O)OC(C)[NH+]1C(=O)c2cc(Br)c(Br)c(Br)c2C1=O)[NH+]1C(=O)c2cc(Br)c(Br)c(Br)c2C1=O.[Br-].[Br-].[Br-]. The monoisotopic (exact) mass is 1560 g/mol. The molecule has 3 aliphatic rings. The number of phosphoric ester groups is 1. The predicted molar refractivity (Wildman–Crippen MR) is 217 cm³/mol. The van der Waals surface area contributed by atoms with Crippen molar-refractivity contribution in [2.24, 2.45) is 0 Å². The normalized spacial score (nSPS) is 21.0. The Morgan fingerprint density at radius 1 is 0.429 bits per heavy atom. The van der Waals surface area contributed by atoms with Crippen LogP contribution in [0.3, 0.4) is 0 Å². The number of quaternary nitrogens is 3. The first kappa shape index (κ1) is 51.8. The van der Waals surface area contributed by atoms with Crippen LogP contribution in [0, 0.1) is 0 Å². The molecule has 0 fully saturated rings. The number of hydrogen-bond donors (Lipinski definition) is 3. The molecular formula is C30H18Br12N3O10P. The lowest BCUT2D eigenvalue weighted by molar-refractivity contribution is -0.785. The van der Waals surface area contributed by atoms with E-state index in [2.05, 4.69) is 143 Å². The van der Waals surface area contributed by atoms with Crippen molar-refractivity contribution in [3.63, 3.8) is 0 Å². The fourth-order valence-electron chi connectivity index (χ4n) is 6.06. The van der Waals surface area contributed by atoms with Gasteiger partial charge < -0.3 is 50.9 Å². The zero-order valence-corrected chi connectivity index (χ0v) is 47.5. The molecule has 6 amide bonds. The molecule has 56 heavy (non-hydrogen) atoms. The topological polar surface area (TPSA) is 160 Å². The molecule has 0 radical (unpaired) electrons. The van der Waals surface area contributed by atoms with Gasteiger partial charge in [-0.25, -0.2) is 46.9 Å². The summed E-state index contributed by atoms with van der Waals surface area (Å²) in [5, 5.41) is 0. The van der Waals surface area contributed by atoms with E-state index in [1.165, 1.54) is 39.0 Å². The minimum atomic E-state index is -5.15. The van der Waals surface area contributed by atoms with Gasteiger partial charge in [0.05, 0.1) is 30.1 Å². The Balaban J connectivity index is 0.00000280. The van der Waals surface area contributed by atoms with Gasteiger partial charge in [-0.1, -0.05) is 0 Å². The second kappa shape index (κ2) is 19.4. The number of imide groups is 3. The molecule has 0 aromatic heterocycles. The van der Waals surface area contributed by atoms with Crippen LogP contribution in [-0.4, -0.2) is 54.1 Å². The van der Waals surface area contributed by atoms with Crippen LogP contribution in [-0.2, 0) is 18.1 Å². The summed E-state index contributed by atoms with van der Waals surface area (Å²) < 4.78 is 36.1. The van der Waals surface area contributed by atoms with Crippen molar-refractivity contribution < 1.29 is 113 Å². The van der Waals surface area contributed by atoms with Crippen LogP contribution in [0.1, 0.15) is 82.9 Å². The van der Waals surface area contributed by atoms with E-state index >= 15 is 0 Å². The van der Waals surface area contributed by atoms with Crippen LogP contribution in [0.4, 0.5) is 0 Å². The number of hydrogen-bond acceptors (Lipinski definition) is 10. The Kier molecular flexibility index (Phi) is 18.0. The second-order valence-corrected chi connectivity index (χ2v) is 20.5. The smallest absolute Gasteiger partial charge is 0.488 e. The molecule has 0 spiro atoms. The molecule has 0 bridgehead atoms. The van der Waals surface area contributed by atoms with Crippen molar-refractivity contribution in [1.29, 1.82) is 0 Å². The fourth-order valence-corrected chi connectivity index (χ4v) is 12.5. The fraction of sp³-hybridized carbons (Fsp3) is 0.200. The van der Waals surface area contributed by atoms with E-state index < -0.39 is 76.6 Å². The molecule has 0 saturated carbocycles. The highest BCUT2D eigenvalue weighted by Crippen LogP contribution is 2.52. The lowest BCUT2D eigenvalue weighted by atomic mass is 10.1. The van der Waals surface area contributed by atoms with Gasteiger partial charge in [-0.15, -0.1) is 0 Å². The lowest BCUT2D eigenvalue weighted by Crippen LogP contribution is -3.19. The zero-order chi connectivity index (χ0) is 39.3. The van der Waals surface area contributed by atoms with Gasteiger partial charge in [-0.2, -0.15) is 14.7 Å². The molecule has 3 aromatic rings. The van der Waals surface area contributed by atoms with Crippen molar-refractivity contribution in [3.05, 3.63) is 91.8 Å². The molecule has 302 valence electrons. The van der Waals surface area contributed by atoms with Gasteiger partial charge in [0.25, 0.3) is 0 Å². The molecule has 3 heterocycles. The minimum Gasteiger partial charge on any atom is -1.00 e. The van der Waals surface area contributed by atoms with Gasteiger partial charge in [0.2, 0.25) is 18.7 Å². The Morgan fingerprint density at radius 3 is 0.857 bits per heavy atom. The molecule has 3 aromatic carbocycles. The third kappa shape index (κ3) is 8.82. The molecule has 6 unspecified atom stereocenters. The highest BCUT2D eigenvalue weighted by Gasteiger charge is 2.55. The minimum absolute atomic E-state index is 0. The Hall–Kier alpha value is 1.43. The largest absolute Gasteiger partial charge is 1.00 e. The summed E-state index contributed by atoms with van der Waals surface area (Å²) in [6.07, 6.45) is -4.73. The summed E-state index contributed by atoms with van der Waals surface area (Å²) in [4.78, 5) is 80.7. The van der Waals surface area contributed by atoms with Crippen LogP contribution >= 0.6 is 151 Å². The quantitative estimate of drug-likeness (QED) is 0.121. The van der Waals surface area contributed by atoms with Crippen LogP contribution < -0.4 is 65.6 Å². The van der Waals surface area contributed by atoms with E-state index in [-0.39, 0.29) is 97.7 Å². The van der Waals surface area contributed by atoms with Gasteiger partial charge >= 0.3 is 43.3 Å². The molecule has 26 heteroatoms. The average Bonchev–Trinajstić information content (AvgIpc) is 3.58. The van der Waals surface area contributed by atoms with Gasteiger partial charge in [0, 0.05) is 47.6 Å². The maximum absolute atomic E-state index is 14.9. The number of phosphoric acid groups is 1. The molecule has 6 atom stereocenters. The number of nitrogens with one attached hydrogen (secondary N) is 3. The first-order chi connectivity index (χ1) is 24.6. The number of fused-ring (bicyclic) bond motifs is 3. The summed E-state index contributed by atoms with van der Waals surface area (Å²) >= 11 is 30.1. The van der Waals surface area contributed by atoms with Crippen LogP contribution in [0.2, 0.25) is 0 Å². The van der Waals surface area contributed by atoms with E-state index in [0.29, 0.717) is 26.8 Å². The average molecular weight is 1570 g/mol. The molecule has 13 nitrogen and oxygen atoms in total. The standard InChI is InChI=1S/C30H15Br9N3O10P.3BrH/c1-7(40-25(43)10-4-13(31)19(34)22(37)16(10)28(40)46)50-53(49,51-8(2)41-26(44)11-5-14(32)20(35)23(38)17(11)29(41)47)52-9(3)42-27(45)12-6-15(33)21(36)24(39)18(12)30(42)48;;;/h4-9H,1-3H3;3*1H.